The minimum absolute atomic E-state index is 0.522. The van der Waals surface area contributed by atoms with Crippen LogP contribution in [0.1, 0.15) is 22.2 Å². The van der Waals surface area contributed by atoms with E-state index in [2.05, 4.69) is 4.98 Å². The molecule has 1 aliphatic heterocycles. The molecule has 0 saturated heterocycles. The molecular weight excluding hydrogens is 454 g/mol. The lowest BCUT2D eigenvalue weighted by Gasteiger charge is -2.31. The lowest BCUT2D eigenvalue weighted by Crippen LogP contribution is -2.37. The number of nitrogens with one attached hydrogen (secondary N) is 1. The van der Waals surface area contributed by atoms with E-state index in [1.807, 2.05) is 47.5 Å². The fourth-order valence-electron chi connectivity index (χ4n) is 4.57. The van der Waals surface area contributed by atoms with Gasteiger partial charge in [-0.3, -0.25) is 9.69 Å². The minimum atomic E-state index is -0.859. The second kappa shape index (κ2) is 9.00. The Hall–Kier alpha value is -3.56. The van der Waals surface area contributed by atoms with Crippen molar-refractivity contribution in [2.24, 2.45) is 0 Å². The number of hydrogen-bond acceptors (Lipinski definition) is 7. The molecule has 3 heterocycles. The van der Waals surface area contributed by atoms with Gasteiger partial charge in [-0.2, -0.15) is 0 Å². The van der Waals surface area contributed by atoms with Crippen molar-refractivity contribution in [1.82, 2.24) is 14.9 Å². The largest absolute Gasteiger partial charge is 0.493 e. The first-order chi connectivity index (χ1) is 16.5. The van der Waals surface area contributed by atoms with Crippen LogP contribution in [0.2, 0.25) is 0 Å². The van der Waals surface area contributed by atoms with Crippen LogP contribution < -0.4 is 14.2 Å². The Kier molecular flexibility index (Phi) is 5.89. The zero-order valence-corrected chi connectivity index (χ0v) is 19.9. The van der Waals surface area contributed by atoms with Crippen molar-refractivity contribution < 1.29 is 24.1 Å². The van der Waals surface area contributed by atoms with E-state index in [1.165, 1.54) is 0 Å². The predicted molar refractivity (Wildman–Crippen MR) is 130 cm³/mol. The summed E-state index contributed by atoms with van der Waals surface area (Å²) in [7, 11) is 4.74. The molecule has 1 atom stereocenters. The highest BCUT2D eigenvalue weighted by atomic mass is 32.1. The summed E-state index contributed by atoms with van der Waals surface area (Å²) in [5.74, 6) is 0.806. The lowest BCUT2D eigenvalue weighted by molar-refractivity contribution is -0.144. The van der Waals surface area contributed by atoms with E-state index in [1.54, 1.807) is 32.7 Å². The van der Waals surface area contributed by atoms with Gasteiger partial charge in [0.15, 0.2) is 11.5 Å². The van der Waals surface area contributed by atoms with E-state index in [4.69, 9.17) is 19.2 Å². The highest BCUT2D eigenvalue weighted by Crippen LogP contribution is 2.43. The summed E-state index contributed by atoms with van der Waals surface area (Å²) < 4.78 is 16.4. The van der Waals surface area contributed by atoms with Crippen molar-refractivity contribution in [3.63, 3.8) is 0 Å². The van der Waals surface area contributed by atoms with Crippen LogP contribution in [0.25, 0.3) is 21.5 Å². The van der Waals surface area contributed by atoms with Crippen LogP contribution in [-0.4, -0.2) is 53.8 Å². The molecule has 0 saturated carbocycles. The summed E-state index contributed by atoms with van der Waals surface area (Å²) >= 11 is 1.57. The molecule has 0 spiro atoms. The first-order valence-corrected chi connectivity index (χ1v) is 11.7. The second-order valence-electron chi connectivity index (χ2n) is 8.05. The first-order valence-electron chi connectivity index (χ1n) is 10.9. The highest BCUT2D eigenvalue weighted by Gasteiger charge is 2.33. The van der Waals surface area contributed by atoms with Crippen LogP contribution in [0.15, 0.2) is 42.6 Å². The molecule has 34 heavy (non-hydrogen) atoms. The third-order valence-corrected chi connectivity index (χ3v) is 7.32. The number of H-pyrrole nitrogens is 1. The topological polar surface area (TPSA) is 96.9 Å². The average Bonchev–Trinajstić information content (AvgIpc) is 3.47. The Bertz CT molecular complexity index is 1340. The van der Waals surface area contributed by atoms with Crippen molar-refractivity contribution in [2.75, 3.05) is 27.9 Å². The number of ether oxygens (including phenoxy) is 3. The fourth-order valence-corrected chi connectivity index (χ4v) is 5.69. The van der Waals surface area contributed by atoms with E-state index in [-0.39, 0.29) is 0 Å². The smallest absolute Gasteiger partial charge is 0.325 e. The molecule has 9 heteroatoms. The van der Waals surface area contributed by atoms with Gasteiger partial charge in [-0.05, 0) is 18.2 Å². The maximum Gasteiger partial charge on any atom is 0.325 e. The van der Waals surface area contributed by atoms with E-state index in [9.17, 15) is 9.90 Å². The number of thiazole rings is 1. The van der Waals surface area contributed by atoms with Gasteiger partial charge in [0.25, 0.3) is 0 Å². The van der Waals surface area contributed by atoms with Gasteiger partial charge in [-0.15, -0.1) is 11.3 Å². The third kappa shape index (κ3) is 3.76. The molecule has 2 aromatic carbocycles. The predicted octanol–water partition coefficient (Wildman–Crippen LogP) is 4.50. The Morgan fingerprint density at radius 2 is 1.88 bits per heavy atom. The van der Waals surface area contributed by atoms with E-state index >= 15 is 0 Å². The summed E-state index contributed by atoms with van der Waals surface area (Å²) in [5.41, 5.74) is 3.59. The molecule has 0 unspecified atom stereocenters. The monoisotopic (exact) mass is 479 g/mol. The third-order valence-electron chi connectivity index (χ3n) is 6.19. The van der Waals surface area contributed by atoms with Crippen LogP contribution in [0.5, 0.6) is 17.2 Å². The number of carbonyl (C=O) groups is 1. The number of nitrogens with zero attached hydrogens (tertiary/aromatic N) is 2. The van der Waals surface area contributed by atoms with E-state index in [0.717, 1.165) is 37.6 Å². The van der Waals surface area contributed by atoms with Crippen molar-refractivity contribution in [2.45, 2.75) is 19.0 Å². The van der Waals surface area contributed by atoms with Gasteiger partial charge < -0.3 is 24.3 Å². The molecule has 1 aliphatic rings. The molecule has 0 bridgehead atoms. The van der Waals surface area contributed by atoms with E-state index in [0.29, 0.717) is 36.8 Å². The standard InChI is InChI=1S/C25H25N3O5S/c1-31-19-10-14(11-20(32-2)23(19)33-3)24-27-18-8-9-28(13-21(18)34-24)22(25(29)30)16-12-26-17-7-5-4-6-15(16)17/h4-7,10-12,22,26H,8-9,13H2,1-3H3,(H,29,30)/t22-/m0/s1. The number of hydrogen-bond donors (Lipinski definition) is 2. The quantitative estimate of drug-likeness (QED) is 0.403. The number of aromatic amines is 1. The minimum Gasteiger partial charge on any atom is -0.493 e. The number of benzene rings is 2. The first kappa shape index (κ1) is 22.2. The molecule has 2 aromatic heterocycles. The van der Waals surface area contributed by atoms with Crippen LogP contribution in [0.3, 0.4) is 0 Å². The number of aromatic nitrogens is 2. The van der Waals surface area contributed by atoms with Gasteiger partial charge >= 0.3 is 5.97 Å². The molecule has 0 amide bonds. The summed E-state index contributed by atoms with van der Waals surface area (Å²) in [6.45, 7) is 1.13. The summed E-state index contributed by atoms with van der Waals surface area (Å²) in [6, 6.07) is 10.8. The van der Waals surface area contributed by atoms with Gasteiger partial charge in [0.2, 0.25) is 5.75 Å². The Labute approximate surface area is 200 Å². The number of aliphatic carboxylic acids is 1. The zero-order valence-electron chi connectivity index (χ0n) is 19.1. The highest BCUT2D eigenvalue weighted by molar-refractivity contribution is 7.15. The van der Waals surface area contributed by atoms with Crippen molar-refractivity contribution in [3.05, 3.63) is 58.7 Å². The number of carboxylic acid groups (broad SMARTS) is 1. The van der Waals surface area contributed by atoms with Gasteiger partial charge in [0, 0.05) is 52.6 Å². The molecule has 0 fully saturated rings. The second-order valence-corrected chi connectivity index (χ2v) is 9.14. The van der Waals surface area contributed by atoms with Crippen LogP contribution in [-0.2, 0) is 17.8 Å². The normalized spacial score (nSPS) is 14.6. The maximum absolute atomic E-state index is 12.4. The molecule has 176 valence electrons. The van der Waals surface area contributed by atoms with Gasteiger partial charge in [-0.25, -0.2) is 4.98 Å². The average molecular weight is 480 g/mol. The lowest BCUT2D eigenvalue weighted by atomic mass is 10.0. The maximum atomic E-state index is 12.4. The van der Waals surface area contributed by atoms with Gasteiger partial charge in [0.05, 0.1) is 27.0 Å². The zero-order chi connectivity index (χ0) is 23.8. The molecule has 8 nitrogen and oxygen atoms in total. The summed E-state index contributed by atoms with van der Waals surface area (Å²) in [6.07, 6.45) is 2.50. The van der Waals surface area contributed by atoms with Crippen LogP contribution in [0, 0.1) is 0 Å². The number of carboxylic acids is 1. The molecular formula is C25H25N3O5S. The van der Waals surface area contributed by atoms with Crippen molar-refractivity contribution in [3.8, 4) is 27.8 Å². The Balaban J connectivity index is 1.48. The fraction of sp³-hybridized carbons (Fsp3) is 0.280. The molecule has 2 N–H and O–H groups in total. The van der Waals surface area contributed by atoms with E-state index < -0.39 is 12.0 Å². The molecule has 0 radical (unpaired) electrons. The number of para-hydroxylation sites is 1. The SMILES string of the molecule is COc1cc(-c2nc3c(s2)CN([C@H](C(=O)O)c2c[nH]c4ccccc24)CC3)cc(OC)c1OC. The molecule has 4 aromatic rings. The van der Waals surface area contributed by atoms with Crippen LogP contribution in [0.4, 0.5) is 0 Å². The summed E-state index contributed by atoms with van der Waals surface area (Å²) in [5, 5.41) is 11.9. The van der Waals surface area contributed by atoms with Gasteiger partial charge in [0.1, 0.15) is 11.0 Å². The number of rotatable bonds is 7. The number of fused-ring (bicyclic) bond motifs is 2. The molecule has 0 aliphatic carbocycles. The summed E-state index contributed by atoms with van der Waals surface area (Å²) in [4.78, 5) is 23.5. The van der Waals surface area contributed by atoms with Gasteiger partial charge in [-0.1, -0.05) is 18.2 Å². The Morgan fingerprint density at radius 1 is 1.15 bits per heavy atom. The number of methoxy groups -OCH3 is 3. The van der Waals surface area contributed by atoms with Crippen molar-refractivity contribution in [1.29, 1.82) is 0 Å². The van der Waals surface area contributed by atoms with Crippen LogP contribution >= 0.6 is 11.3 Å². The molecule has 5 rings (SSSR count). The van der Waals surface area contributed by atoms with Crippen molar-refractivity contribution >= 4 is 28.2 Å². The Morgan fingerprint density at radius 3 is 2.56 bits per heavy atom.